The number of imide groups is 1. The summed E-state index contributed by atoms with van der Waals surface area (Å²) in [7, 11) is 0. The molecule has 2 aromatic rings. The van der Waals surface area contributed by atoms with Crippen molar-refractivity contribution in [3.05, 3.63) is 24.3 Å². The van der Waals surface area contributed by atoms with Crippen molar-refractivity contribution in [1.29, 1.82) is 0 Å². The summed E-state index contributed by atoms with van der Waals surface area (Å²) in [6.45, 7) is 6.23. The van der Waals surface area contributed by atoms with Gasteiger partial charge in [0.25, 0.3) is 11.7 Å². The van der Waals surface area contributed by atoms with Gasteiger partial charge < -0.3 is 10.2 Å². The second-order valence-electron chi connectivity index (χ2n) is 7.35. The molecule has 2 saturated heterocycles. The summed E-state index contributed by atoms with van der Waals surface area (Å²) in [5, 5.41) is 7.61. The standard InChI is InChI=1S/C17H23N7O2/c1-12(2)10-23-16(26)22(14(25)17(23)4-7-18-8-5-17)11-13-20-15-19-6-3-9-24(15)21-13/h3,6,9,12,18H,4-5,7-8,10-11H2,1-2H3. The van der Waals surface area contributed by atoms with Gasteiger partial charge in [0.15, 0.2) is 5.82 Å². The van der Waals surface area contributed by atoms with Crippen LogP contribution in [-0.2, 0) is 11.3 Å². The molecule has 4 heterocycles. The molecule has 2 aromatic heterocycles. The van der Waals surface area contributed by atoms with Crippen LogP contribution in [0.15, 0.2) is 18.5 Å². The molecule has 4 rings (SSSR count). The third-order valence-electron chi connectivity index (χ3n) is 5.06. The van der Waals surface area contributed by atoms with Crippen LogP contribution in [0.2, 0.25) is 0 Å². The topological polar surface area (TPSA) is 95.7 Å². The lowest BCUT2D eigenvalue weighted by molar-refractivity contribution is -0.135. The zero-order valence-corrected chi connectivity index (χ0v) is 15.1. The summed E-state index contributed by atoms with van der Waals surface area (Å²) in [5.74, 6) is 1.03. The molecule has 0 atom stereocenters. The third-order valence-corrected chi connectivity index (χ3v) is 5.06. The van der Waals surface area contributed by atoms with Gasteiger partial charge in [-0.15, -0.1) is 5.10 Å². The number of urea groups is 1. The van der Waals surface area contributed by atoms with E-state index < -0.39 is 5.54 Å². The number of nitrogens with one attached hydrogen (secondary N) is 1. The number of rotatable bonds is 4. The maximum absolute atomic E-state index is 13.3. The quantitative estimate of drug-likeness (QED) is 0.808. The van der Waals surface area contributed by atoms with E-state index in [1.807, 2.05) is 0 Å². The van der Waals surface area contributed by atoms with E-state index >= 15 is 0 Å². The lowest BCUT2D eigenvalue weighted by Gasteiger charge is -2.39. The van der Waals surface area contributed by atoms with Crippen molar-refractivity contribution < 1.29 is 9.59 Å². The maximum Gasteiger partial charge on any atom is 0.328 e. The summed E-state index contributed by atoms with van der Waals surface area (Å²) in [6, 6.07) is 1.52. The second-order valence-corrected chi connectivity index (χ2v) is 7.35. The average Bonchev–Trinajstić information content (AvgIpc) is 3.12. The average molecular weight is 357 g/mol. The number of carbonyl (C=O) groups excluding carboxylic acids is 2. The zero-order chi connectivity index (χ0) is 18.3. The minimum absolute atomic E-state index is 0.0742. The number of hydrogen-bond donors (Lipinski definition) is 1. The Bertz CT molecular complexity index is 808. The van der Waals surface area contributed by atoms with Crippen molar-refractivity contribution in [3.8, 4) is 0 Å². The number of hydrogen-bond acceptors (Lipinski definition) is 6. The molecule has 2 aliphatic heterocycles. The van der Waals surface area contributed by atoms with E-state index in [1.165, 1.54) is 4.90 Å². The fourth-order valence-corrected chi connectivity index (χ4v) is 3.85. The van der Waals surface area contributed by atoms with Crippen LogP contribution in [0.4, 0.5) is 4.79 Å². The number of fused-ring (bicyclic) bond motifs is 1. The molecule has 2 aliphatic rings. The van der Waals surface area contributed by atoms with Gasteiger partial charge in [0.05, 0.1) is 6.54 Å². The molecule has 0 radical (unpaired) electrons. The largest absolute Gasteiger partial charge is 0.328 e. The molecule has 3 amide bonds. The Morgan fingerprint density at radius 3 is 2.73 bits per heavy atom. The van der Waals surface area contributed by atoms with Crippen LogP contribution in [0.1, 0.15) is 32.5 Å². The van der Waals surface area contributed by atoms with Gasteiger partial charge in [-0.1, -0.05) is 13.8 Å². The minimum atomic E-state index is -0.732. The van der Waals surface area contributed by atoms with Crippen LogP contribution in [-0.4, -0.2) is 66.5 Å². The van der Waals surface area contributed by atoms with E-state index in [0.717, 1.165) is 13.1 Å². The number of amides is 3. The normalized spacial score (nSPS) is 20.1. The SMILES string of the molecule is CC(C)CN1C(=O)N(Cc2nc3ncccn3n2)C(=O)C12CCNCC2. The molecule has 0 unspecified atom stereocenters. The molecule has 26 heavy (non-hydrogen) atoms. The molecular formula is C17H23N7O2. The van der Waals surface area contributed by atoms with Crippen LogP contribution >= 0.6 is 0 Å². The highest BCUT2D eigenvalue weighted by molar-refractivity contribution is 6.07. The van der Waals surface area contributed by atoms with Crippen LogP contribution < -0.4 is 5.32 Å². The first-order valence-electron chi connectivity index (χ1n) is 9.02. The first kappa shape index (κ1) is 16.9. The highest BCUT2D eigenvalue weighted by atomic mass is 16.2. The Morgan fingerprint density at radius 2 is 2.04 bits per heavy atom. The molecule has 1 N–H and O–H groups in total. The number of piperidine rings is 1. The fourth-order valence-electron chi connectivity index (χ4n) is 3.85. The number of carbonyl (C=O) groups is 2. The van der Waals surface area contributed by atoms with Gasteiger partial charge in [0.2, 0.25) is 0 Å². The van der Waals surface area contributed by atoms with Crippen molar-refractivity contribution >= 4 is 17.7 Å². The summed E-state index contributed by atoms with van der Waals surface area (Å²) >= 11 is 0. The predicted octanol–water partition coefficient (Wildman–Crippen LogP) is 0.667. The zero-order valence-electron chi connectivity index (χ0n) is 15.1. The smallest absolute Gasteiger partial charge is 0.317 e. The molecule has 1 spiro atoms. The van der Waals surface area contributed by atoms with Crippen molar-refractivity contribution in [2.75, 3.05) is 19.6 Å². The monoisotopic (exact) mass is 357 g/mol. The Balaban J connectivity index is 1.65. The molecule has 0 aliphatic carbocycles. The van der Waals surface area contributed by atoms with E-state index in [1.54, 1.807) is 27.9 Å². The Morgan fingerprint density at radius 1 is 1.27 bits per heavy atom. The third kappa shape index (κ3) is 2.63. The minimum Gasteiger partial charge on any atom is -0.317 e. The number of aromatic nitrogens is 4. The van der Waals surface area contributed by atoms with E-state index in [2.05, 4.69) is 34.2 Å². The Hall–Kier alpha value is -2.55. The Labute approximate surface area is 151 Å². The van der Waals surface area contributed by atoms with Gasteiger partial charge in [-0.2, -0.15) is 4.98 Å². The summed E-state index contributed by atoms with van der Waals surface area (Å²) < 4.78 is 1.55. The Kier molecular flexibility index (Phi) is 4.10. The molecule has 138 valence electrons. The van der Waals surface area contributed by atoms with Crippen molar-refractivity contribution in [2.24, 2.45) is 5.92 Å². The van der Waals surface area contributed by atoms with Crippen molar-refractivity contribution in [2.45, 2.75) is 38.8 Å². The lowest BCUT2D eigenvalue weighted by Crippen LogP contribution is -2.56. The second kappa shape index (κ2) is 6.31. The van der Waals surface area contributed by atoms with Crippen LogP contribution in [0.5, 0.6) is 0 Å². The first-order chi connectivity index (χ1) is 12.5. The molecule has 0 aromatic carbocycles. The van der Waals surface area contributed by atoms with Crippen LogP contribution in [0.3, 0.4) is 0 Å². The summed E-state index contributed by atoms with van der Waals surface area (Å²) in [6.07, 6.45) is 4.65. The van der Waals surface area contributed by atoms with Gasteiger partial charge in [0, 0.05) is 18.9 Å². The maximum atomic E-state index is 13.3. The van der Waals surface area contributed by atoms with E-state index in [4.69, 9.17) is 0 Å². The highest BCUT2D eigenvalue weighted by Gasteiger charge is 2.57. The predicted molar refractivity (Wildman–Crippen MR) is 93.1 cm³/mol. The van der Waals surface area contributed by atoms with Gasteiger partial charge in [-0.3, -0.25) is 9.69 Å². The van der Waals surface area contributed by atoms with E-state index in [9.17, 15) is 9.59 Å². The van der Waals surface area contributed by atoms with Gasteiger partial charge in [-0.25, -0.2) is 14.3 Å². The van der Waals surface area contributed by atoms with E-state index in [0.29, 0.717) is 31.0 Å². The van der Waals surface area contributed by atoms with Crippen LogP contribution in [0.25, 0.3) is 5.78 Å². The van der Waals surface area contributed by atoms with Crippen LogP contribution in [0, 0.1) is 5.92 Å². The summed E-state index contributed by atoms with van der Waals surface area (Å²) in [4.78, 5) is 37.9. The van der Waals surface area contributed by atoms with Gasteiger partial charge in [-0.05, 0) is 37.9 Å². The highest BCUT2D eigenvalue weighted by Crippen LogP contribution is 2.36. The molecule has 0 bridgehead atoms. The van der Waals surface area contributed by atoms with E-state index in [-0.39, 0.29) is 24.4 Å². The van der Waals surface area contributed by atoms with Crippen molar-refractivity contribution in [1.82, 2.24) is 34.7 Å². The van der Waals surface area contributed by atoms with Crippen molar-refractivity contribution in [3.63, 3.8) is 0 Å². The number of nitrogens with zero attached hydrogens (tertiary/aromatic N) is 6. The van der Waals surface area contributed by atoms with Gasteiger partial charge >= 0.3 is 6.03 Å². The molecule has 9 nitrogen and oxygen atoms in total. The summed E-state index contributed by atoms with van der Waals surface area (Å²) in [5.41, 5.74) is -0.732. The molecule has 9 heteroatoms. The first-order valence-corrected chi connectivity index (χ1v) is 9.02. The molecule has 2 fully saturated rings. The lowest BCUT2D eigenvalue weighted by atomic mass is 9.86. The molecular weight excluding hydrogens is 334 g/mol. The molecule has 0 saturated carbocycles. The van der Waals surface area contributed by atoms with Gasteiger partial charge in [0.1, 0.15) is 5.54 Å². The fraction of sp³-hybridized carbons (Fsp3) is 0.588.